The van der Waals surface area contributed by atoms with Crippen molar-refractivity contribution in [2.45, 2.75) is 13.3 Å². The van der Waals surface area contributed by atoms with Gasteiger partial charge in [0, 0.05) is 0 Å². The first-order valence-electron chi connectivity index (χ1n) is 3.17. The van der Waals surface area contributed by atoms with Gasteiger partial charge >= 0.3 is 0 Å². The smallest absolute Gasteiger partial charge is 0.121 e. The highest BCUT2D eigenvalue weighted by Gasteiger charge is 2.07. The summed E-state index contributed by atoms with van der Waals surface area (Å²) < 4.78 is 0.410. The van der Waals surface area contributed by atoms with Crippen LogP contribution in [0, 0.1) is 5.92 Å². The lowest BCUT2D eigenvalue weighted by Gasteiger charge is -2.21. The molecule has 0 radical (unpaired) electrons. The van der Waals surface area contributed by atoms with Gasteiger partial charge in [0.2, 0.25) is 0 Å². The third kappa shape index (κ3) is 12.8. The van der Waals surface area contributed by atoms with Crippen LogP contribution in [0.2, 0.25) is 0 Å². The zero-order chi connectivity index (χ0) is 8.20. The molecule has 1 aliphatic rings. The van der Waals surface area contributed by atoms with E-state index in [2.05, 4.69) is 86.9 Å². The van der Waals surface area contributed by atoms with Crippen LogP contribution in [0.15, 0.2) is 0 Å². The fourth-order valence-electron chi connectivity index (χ4n) is 0.433. The van der Waals surface area contributed by atoms with Crippen molar-refractivity contribution in [3.05, 3.63) is 0 Å². The fourth-order valence-corrected chi connectivity index (χ4v) is 0.433. The monoisotopic (exact) mass is 479 g/mol. The van der Waals surface area contributed by atoms with Gasteiger partial charge in [-0.1, -0.05) is 74.7 Å². The highest BCUT2D eigenvalue weighted by molar-refractivity contribution is 14.3. The zero-order valence-electron chi connectivity index (χ0n) is 6.13. The molecule has 4 heteroatoms. The van der Waals surface area contributed by atoms with E-state index in [0.29, 0.717) is -0.565 Å². The maximum Gasteiger partial charge on any atom is 0.121 e. The predicted octanol–water partition coefficient (Wildman–Crippen LogP) is 3.19. The van der Waals surface area contributed by atoms with E-state index in [1.807, 2.05) is 0 Å². The number of nitrogens with one attached hydrogen (secondary N) is 1. The largest absolute Gasteiger partial charge is 0.316 e. The zero-order valence-corrected chi connectivity index (χ0v) is 12.6. The third-order valence-corrected chi connectivity index (χ3v) is 0.986. The van der Waals surface area contributed by atoms with Crippen LogP contribution in [0.3, 0.4) is 0 Å². The Morgan fingerprint density at radius 3 is 1.50 bits per heavy atom. The SMILES string of the molecule is CC(I)(I)I.CC1CNC1. The Kier molecular flexibility index (Phi) is 6.97. The number of alkyl halides is 3. The predicted molar refractivity (Wildman–Crippen MR) is 72.5 cm³/mol. The van der Waals surface area contributed by atoms with E-state index in [9.17, 15) is 0 Å². The normalized spacial score (nSPS) is 18.9. The van der Waals surface area contributed by atoms with E-state index in [1.54, 1.807) is 0 Å². The summed E-state index contributed by atoms with van der Waals surface area (Å²) in [7, 11) is 0. The van der Waals surface area contributed by atoms with Crippen molar-refractivity contribution in [1.29, 1.82) is 0 Å². The minimum Gasteiger partial charge on any atom is -0.316 e. The molecule has 0 aromatic carbocycles. The molecule has 1 N–H and O–H groups in total. The molecule has 1 heterocycles. The van der Waals surface area contributed by atoms with Crippen molar-refractivity contribution in [3.8, 4) is 0 Å². The minimum absolute atomic E-state index is 0.410. The molecule has 0 aliphatic carbocycles. The molecule has 0 unspecified atom stereocenters. The lowest BCUT2D eigenvalue weighted by atomic mass is 10.1. The molecule has 0 aromatic heterocycles. The lowest BCUT2D eigenvalue weighted by molar-refractivity contribution is 0.379. The maximum atomic E-state index is 3.16. The lowest BCUT2D eigenvalue weighted by Crippen LogP contribution is -2.39. The summed E-state index contributed by atoms with van der Waals surface area (Å²) in [5.74, 6) is 0.954. The van der Waals surface area contributed by atoms with Crippen molar-refractivity contribution >= 4 is 67.8 Å². The molecular formula is C6H12I3N. The summed E-state index contributed by atoms with van der Waals surface area (Å²) in [5, 5.41) is 3.16. The molecule has 62 valence electrons. The molecular weight excluding hydrogens is 467 g/mol. The number of hydrogen-bond donors (Lipinski definition) is 1. The number of rotatable bonds is 0. The van der Waals surface area contributed by atoms with E-state index in [-0.39, 0.29) is 0 Å². The van der Waals surface area contributed by atoms with Crippen LogP contribution in [0.5, 0.6) is 0 Å². The van der Waals surface area contributed by atoms with Crippen LogP contribution in [-0.4, -0.2) is 12.5 Å². The minimum atomic E-state index is 0.410. The van der Waals surface area contributed by atoms with Gasteiger partial charge in [0.1, 0.15) is -0.565 Å². The Morgan fingerprint density at radius 2 is 1.50 bits per heavy atom. The molecule has 0 bridgehead atoms. The van der Waals surface area contributed by atoms with Crippen LogP contribution in [0.1, 0.15) is 13.8 Å². The van der Waals surface area contributed by atoms with Crippen molar-refractivity contribution < 1.29 is 0 Å². The second kappa shape index (κ2) is 5.74. The Hall–Kier alpha value is 2.15. The number of hydrogen-bond acceptors (Lipinski definition) is 1. The van der Waals surface area contributed by atoms with Gasteiger partial charge in [-0.15, -0.1) is 0 Å². The first-order valence-corrected chi connectivity index (χ1v) is 6.40. The van der Waals surface area contributed by atoms with Gasteiger partial charge in [-0.05, 0) is 25.9 Å². The van der Waals surface area contributed by atoms with E-state index >= 15 is 0 Å². The molecule has 0 saturated carbocycles. The summed E-state index contributed by atoms with van der Waals surface area (Å²) in [6.07, 6.45) is 0. The van der Waals surface area contributed by atoms with Crippen molar-refractivity contribution in [1.82, 2.24) is 5.32 Å². The first-order chi connectivity index (χ1) is 4.39. The molecule has 1 fully saturated rings. The summed E-state index contributed by atoms with van der Waals surface area (Å²) in [6.45, 7) is 6.87. The Bertz CT molecular complexity index is 79.5. The van der Waals surface area contributed by atoms with Gasteiger partial charge in [-0.25, -0.2) is 0 Å². The third-order valence-electron chi connectivity index (χ3n) is 0.986. The molecule has 1 aliphatic heterocycles. The van der Waals surface area contributed by atoms with E-state index in [1.165, 1.54) is 13.1 Å². The quantitative estimate of drug-likeness (QED) is 0.416. The molecule has 1 rings (SSSR count). The highest BCUT2D eigenvalue weighted by Crippen LogP contribution is 2.33. The second-order valence-corrected chi connectivity index (χ2v) is 15.2. The Balaban J connectivity index is 0.000000162. The van der Waals surface area contributed by atoms with Crippen molar-refractivity contribution in [3.63, 3.8) is 0 Å². The summed E-state index contributed by atoms with van der Waals surface area (Å²) >= 11 is 7.05. The highest BCUT2D eigenvalue weighted by atomic mass is 127. The molecule has 0 atom stereocenters. The molecule has 0 amide bonds. The average Bonchev–Trinajstić information content (AvgIpc) is 1.56. The average molecular weight is 479 g/mol. The maximum absolute atomic E-state index is 3.16. The molecule has 1 nitrogen and oxygen atoms in total. The van der Waals surface area contributed by atoms with E-state index in [0.717, 1.165) is 5.92 Å². The van der Waals surface area contributed by atoms with E-state index in [4.69, 9.17) is 0 Å². The standard InChI is InChI=1S/C4H9N.C2H3I3/c1-4-2-5-3-4;1-2(3,4)5/h4-5H,2-3H2,1H3;1H3. The van der Waals surface area contributed by atoms with Crippen LogP contribution in [-0.2, 0) is 0 Å². The van der Waals surface area contributed by atoms with Gasteiger partial charge in [0.15, 0.2) is 0 Å². The molecule has 10 heavy (non-hydrogen) atoms. The van der Waals surface area contributed by atoms with Gasteiger partial charge < -0.3 is 5.32 Å². The van der Waals surface area contributed by atoms with Crippen LogP contribution < -0.4 is 5.32 Å². The van der Waals surface area contributed by atoms with Crippen LogP contribution >= 0.6 is 67.8 Å². The van der Waals surface area contributed by atoms with Crippen molar-refractivity contribution in [2.75, 3.05) is 13.1 Å². The topological polar surface area (TPSA) is 12.0 Å². The second-order valence-electron chi connectivity index (χ2n) is 2.54. The van der Waals surface area contributed by atoms with Gasteiger partial charge in [-0.2, -0.15) is 0 Å². The number of halogens is 3. The first kappa shape index (κ1) is 12.2. The summed E-state index contributed by atoms with van der Waals surface area (Å²) in [5.41, 5.74) is 0. The van der Waals surface area contributed by atoms with Crippen LogP contribution in [0.4, 0.5) is 0 Å². The summed E-state index contributed by atoms with van der Waals surface area (Å²) in [6, 6.07) is 0. The Morgan fingerprint density at radius 1 is 1.30 bits per heavy atom. The summed E-state index contributed by atoms with van der Waals surface area (Å²) in [4.78, 5) is 0. The Labute approximate surface area is 104 Å². The fraction of sp³-hybridized carbons (Fsp3) is 1.00. The van der Waals surface area contributed by atoms with E-state index < -0.39 is 0 Å². The van der Waals surface area contributed by atoms with Gasteiger partial charge in [0.25, 0.3) is 0 Å². The van der Waals surface area contributed by atoms with Gasteiger partial charge in [0.05, 0.1) is 0 Å². The molecule has 1 saturated heterocycles. The van der Waals surface area contributed by atoms with Gasteiger partial charge in [-0.3, -0.25) is 0 Å². The molecule has 0 aromatic rings. The van der Waals surface area contributed by atoms with Crippen molar-refractivity contribution in [2.24, 2.45) is 5.92 Å². The molecule has 0 spiro atoms. The van der Waals surface area contributed by atoms with Crippen LogP contribution in [0.25, 0.3) is 0 Å².